The number of rotatable bonds is 3. The molecular formula is C10H13BrClNO. The molecule has 1 rings (SSSR count). The number of quaternary nitrogens is 1. The summed E-state index contributed by atoms with van der Waals surface area (Å²) in [5, 5.41) is 0. The van der Waals surface area contributed by atoms with Crippen molar-refractivity contribution in [1.82, 2.24) is 0 Å². The van der Waals surface area contributed by atoms with E-state index in [9.17, 15) is 0 Å². The Balaban J connectivity index is 0.00000169. The van der Waals surface area contributed by atoms with E-state index in [1.54, 1.807) is 7.11 Å². The van der Waals surface area contributed by atoms with Gasteiger partial charge in [-0.1, -0.05) is 28.1 Å². The molecule has 0 amide bonds. The first-order valence-corrected chi connectivity index (χ1v) is 4.96. The lowest BCUT2D eigenvalue weighted by Crippen LogP contribution is -3.00. The van der Waals surface area contributed by atoms with Crippen molar-refractivity contribution < 1.29 is 22.9 Å². The molecule has 1 aromatic rings. The Morgan fingerprint density at radius 1 is 1.43 bits per heavy atom. The predicted molar refractivity (Wildman–Crippen MR) is 57.7 cm³/mol. The summed E-state index contributed by atoms with van der Waals surface area (Å²) < 4.78 is 5.07. The van der Waals surface area contributed by atoms with E-state index in [1.165, 1.54) is 11.1 Å². The van der Waals surface area contributed by atoms with E-state index in [0.29, 0.717) is 0 Å². The number of benzene rings is 1. The Hall–Kier alpha value is -0.510. The largest absolute Gasteiger partial charge is 1.00 e. The topological polar surface area (TPSA) is 36.9 Å². The van der Waals surface area contributed by atoms with Gasteiger partial charge in [0.25, 0.3) is 0 Å². The molecule has 1 aromatic carbocycles. The van der Waals surface area contributed by atoms with Crippen molar-refractivity contribution in [1.29, 1.82) is 0 Å². The lowest BCUT2D eigenvalue weighted by atomic mass is 10.1. The van der Waals surface area contributed by atoms with Gasteiger partial charge >= 0.3 is 0 Å². The lowest BCUT2D eigenvalue weighted by molar-refractivity contribution is -0.349. The Labute approximate surface area is 98.7 Å². The maximum absolute atomic E-state index is 5.07. The fraction of sp³-hybridized carbons (Fsp3) is 0.200. The SMILES string of the molecule is COc1ccc(/C(=C\Br)C[NH3+])cc1.[Cl-]. The predicted octanol–water partition coefficient (Wildman–Crippen LogP) is -1.32. The Morgan fingerprint density at radius 2 is 2.00 bits per heavy atom. The number of methoxy groups -OCH3 is 1. The quantitative estimate of drug-likeness (QED) is 0.731. The summed E-state index contributed by atoms with van der Waals surface area (Å²) >= 11 is 3.32. The highest BCUT2D eigenvalue weighted by atomic mass is 79.9. The van der Waals surface area contributed by atoms with Gasteiger partial charge in [-0.05, 0) is 22.7 Å². The summed E-state index contributed by atoms with van der Waals surface area (Å²) in [7, 11) is 1.66. The first-order valence-electron chi connectivity index (χ1n) is 4.04. The average Bonchev–Trinajstić information content (AvgIpc) is 2.21. The Morgan fingerprint density at radius 3 is 2.36 bits per heavy atom. The van der Waals surface area contributed by atoms with E-state index in [2.05, 4.69) is 21.7 Å². The van der Waals surface area contributed by atoms with Crippen LogP contribution in [0.5, 0.6) is 5.75 Å². The molecule has 0 aliphatic carbocycles. The molecule has 3 N–H and O–H groups in total. The van der Waals surface area contributed by atoms with Crippen LogP contribution >= 0.6 is 15.9 Å². The molecular weight excluding hydrogens is 265 g/mol. The van der Waals surface area contributed by atoms with Crippen LogP contribution in [0.25, 0.3) is 5.57 Å². The smallest absolute Gasteiger partial charge is 0.118 e. The normalized spacial score (nSPS) is 10.6. The van der Waals surface area contributed by atoms with Crippen molar-refractivity contribution in [2.75, 3.05) is 13.7 Å². The highest BCUT2D eigenvalue weighted by molar-refractivity contribution is 9.11. The van der Waals surface area contributed by atoms with Crippen LogP contribution < -0.4 is 22.9 Å². The molecule has 0 saturated carbocycles. The van der Waals surface area contributed by atoms with E-state index in [0.717, 1.165) is 12.3 Å². The van der Waals surface area contributed by atoms with Crippen molar-refractivity contribution in [2.45, 2.75) is 0 Å². The minimum Gasteiger partial charge on any atom is -1.00 e. The van der Waals surface area contributed by atoms with Crippen molar-refractivity contribution in [2.24, 2.45) is 0 Å². The molecule has 2 nitrogen and oxygen atoms in total. The van der Waals surface area contributed by atoms with Crippen LogP contribution in [0.1, 0.15) is 5.56 Å². The van der Waals surface area contributed by atoms with Gasteiger partial charge in [-0.2, -0.15) is 0 Å². The van der Waals surface area contributed by atoms with Crippen LogP contribution in [0.3, 0.4) is 0 Å². The molecule has 0 atom stereocenters. The third-order valence-electron chi connectivity index (χ3n) is 1.86. The minimum atomic E-state index is 0. The molecule has 0 aliphatic heterocycles. The van der Waals surface area contributed by atoms with Crippen molar-refractivity contribution in [3.8, 4) is 5.75 Å². The van der Waals surface area contributed by atoms with E-state index in [-0.39, 0.29) is 12.4 Å². The van der Waals surface area contributed by atoms with Gasteiger partial charge < -0.3 is 22.9 Å². The van der Waals surface area contributed by atoms with Gasteiger partial charge in [0.05, 0.1) is 7.11 Å². The first-order chi connectivity index (χ1) is 6.31. The molecule has 0 spiro atoms. The van der Waals surface area contributed by atoms with Gasteiger partial charge in [-0.15, -0.1) is 0 Å². The molecule has 0 heterocycles. The van der Waals surface area contributed by atoms with Gasteiger partial charge in [0.1, 0.15) is 12.3 Å². The average molecular weight is 279 g/mol. The summed E-state index contributed by atoms with van der Waals surface area (Å²) in [6, 6.07) is 7.94. The Bertz CT molecular complexity index is 297. The van der Waals surface area contributed by atoms with Gasteiger partial charge in [0, 0.05) is 5.57 Å². The molecule has 78 valence electrons. The molecule has 0 saturated heterocycles. The van der Waals surface area contributed by atoms with Crippen LogP contribution in [0, 0.1) is 0 Å². The van der Waals surface area contributed by atoms with E-state index in [4.69, 9.17) is 4.74 Å². The van der Waals surface area contributed by atoms with Crippen molar-refractivity contribution in [3.63, 3.8) is 0 Å². The second-order valence-electron chi connectivity index (χ2n) is 2.61. The Kier molecular flexibility index (Phi) is 6.62. The number of hydrogen-bond acceptors (Lipinski definition) is 1. The highest BCUT2D eigenvalue weighted by Crippen LogP contribution is 2.18. The fourth-order valence-electron chi connectivity index (χ4n) is 1.07. The first kappa shape index (κ1) is 13.5. The third-order valence-corrected chi connectivity index (χ3v) is 2.41. The zero-order valence-corrected chi connectivity index (χ0v) is 10.3. The van der Waals surface area contributed by atoms with Crippen molar-refractivity contribution >= 4 is 21.5 Å². The maximum Gasteiger partial charge on any atom is 0.118 e. The van der Waals surface area contributed by atoms with E-state index < -0.39 is 0 Å². The summed E-state index contributed by atoms with van der Waals surface area (Å²) in [4.78, 5) is 1.90. The summed E-state index contributed by atoms with van der Waals surface area (Å²) in [5.41, 5.74) is 6.20. The van der Waals surface area contributed by atoms with Crippen LogP contribution in [-0.2, 0) is 0 Å². The fourth-order valence-corrected chi connectivity index (χ4v) is 1.56. The monoisotopic (exact) mass is 277 g/mol. The summed E-state index contributed by atoms with van der Waals surface area (Å²) in [5.74, 6) is 0.877. The molecule has 0 bridgehead atoms. The van der Waals surface area contributed by atoms with Crippen LogP contribution in [0.15, 0.2) is 29.3 Å². The van der Waals surface area contributed by atoms with Crippen LogP contribution in [-0.4, -0.2) is 13.7 Å². The second kappa shape index (κ2) is 6.87. The molecule has 0 aromatic heterocycles. The number of ether oxygens (including phenoxy) is 1. The zero-order valence-electron chi connectivity index (χ0n) is 7.97. The minimum absolute atomic E-state index is 0. The molecule has 0 unspecified atom stereocenters. The molecule has 0 fully saturated rings. The van der Waals surface area contributed by atoms with E-state index in [1.807, 2.05) is 29.3 Å². The van der Waals surface area contributed by atoms with Gasteiger partial charge in [-0.3, -0.25) is 0 Å². The highest BCUT2D eigenvalue weighted by Gasteiger charge is 2.00. The zero-order chi connectivity index (χ0) is 9.68. The third kappa shape index (κ3) is 3.33. The lowest BCUT2D eigenvalue weighted by Gasteiger charge is -2.03. The van der Waals surface area contributed by atoms with Crippen molar-refractivity contribution in [3.05, 3.63) is 34.8 Å². The molecule has 0 radical (unpaired) electrons. The van der Waals surface area contributed by atoms with Gasteiger partial charge in [-0.25, -0.2) is 0 Å². The summed E-state index contributed by atoms with van der Waals surface area (Å²) in [6.07, 6.45) is 0. The molecule has 0 aliphatic rings. The number of hydrogen-bond donors (Lipinski definition) is 1. The van der Waals surface area contributed by atoms with Crippen LogP contribution in [0.4, 0.5) is 0 Å². The maximum atomic E-state index is 5.07. The van der Waals surface area contributed by atoms with Gasteiger partial charge in [0.2, 0.25) is 0 Å². The second-order valence-corrected chi connectivity index (χ2v) is 3.07. The van der Waals surface area contributed by atoms with Crippen LogP contribution in [0.2, 0.25) is 0 Å². The number of halogens is 2. The van der Waals surface area contributed by atoms with Gasteiger partial charge in [0.15, 0.2) is 0 Å². The molecule has 4 heteroatoms. The molecule has 14 heavy (non-hydrogen) atoms. The summed E-state index contributed by atoms with van der Waals surface area (Å²) in [6.45, 7) is 0.775. The standard InChI is InChI=1S/C10H12BrNO.ClH/c1-13-10-4-2-8(3-5-10)9(6-11)7-12;/h2-6H,7,12H2,1H3;1H/b9-6-;. The van der Waals surface area contributed by atoms with E-state index >= 15 is 0 Å².